The second kappa shape index (κ2) is 5.32. The maximum atomic E-state index is 12.1. The van der Waals surface area contributed by atoms with Crippen LogP contribution in [-0.2, 0) is 0 Å². The maximum Gasteiger partial charge on any atom is 0.259 e. The highest BCUT2D eigenvalue weighted by Crippen LogP contribution is 2.24. The Kier molecular flexibility index (Phi) is 3.76. The molecule has 0 bridgehead atoms. The van der Waals surface area contributed by atoms with Crippen molar-refractivity contribution in [3.8, 4) is 5.75 Å². The molecule has 0 fully saturated rings. The number of anilines is 2. The van der Waals surface area contributed by atoms with Crippen LogP contribution < -0.4 is 11.1 Å². The van der Waals surface area contributed by atoms with Gasteiger partial charge in [0, 0.05) is 21.9 Å². The summed E-state index contributed by atoms with van der Waals surface area (Å²) >= 11 is 3.36. The summed E-state index contributed by atoms with van der Waals surface area (Å²) in [4.78, 5) is 12.1. The zero-order valence-corrected chi connectivity index (χ0v) is 11.9. The number of hydrogen-bond donors (Lipinski definition) is 3. The van der Waals surface area contributed by atoms with Crippen molar-refractivity contribution in [1.82, 2.24) is 0 Å². The molecule has 0 aliphatic heterocycles. The van der Waals surface area contributed by atoms with E-state index in [0.717, 1.165) is 10.0 Å². The number of amides is 1. The third-order valence-corrected chi connectivity index (χ3v) is 3.20. The number of phenols is 1. The fraction of sp³-hybridized carbons (Fsp3) is 0.0714. The normalized spacial score (nSPS) is 10.2. The molecule has 2 rings (SSSR count). The van der Waals surface area contributed by atoms with E-state index in [1.54, 1.807) is 12.1 Å². The number of rotatable bonds is 2. The molecule has 98 valence electrons. The summed E-state index contributed by atoms with van der Waals surface area (Å²) in [5, 5.41) is 12.5. The quantitative estimate of drug-likeness (QED) is 0.743. The van der Waals surface area contributed by atoms with Gasteiger partial charge >= 0.3 is 0 Å². The minimum atomic E-state index is -0.372. The molecule has 5 heteroatoms. The Morgan fingerprint density at radius 3 is 2.63 bits per heavy atom. The number of carbonyl (C=O) groups excluding carboxylic acids is 1. The van der Waals surface area contributed by atoms with Gasteiger partial charge < -0.3 is 16.2 Å². The number of nitrogens with two attached hydrogens (primary N) is 1. The molecule has 2 aromatic carbocycles. The largest absolute Gasteiger partial charge is 0.507 e. The van der Waals surface area contributed by atoms with E-state index < -0.39 is 0 Å². The first-order chi connectivity index (χ1) is 8.97. The maximum absolute atomic E-state index is 12.1. The van der Waals surface area contributed by atoms with Gasteiger partial charge in [-0.2, -0.15) is 0 Å². The lowest BCUT2D eigenvalue weighted by Crippen LogP contribution is -2.13. The van der Waals surface area contributed by atoms with Crippen LogP contribution in [0.2, 0.25) is 0 Å². The number of aromatic hydroxyl groups is 1. The fourth-order valence-corrected chi connectivity index (χ4v) is 2.17. The number of nitrogens with one attached hydrogen (secondary N) is 1. The van der Waals surface area contributed by atoms with Crippen LogP contribution in [0.3, 0.4) is 0 Å². The second-order valence-corrected chi connectivity index (χ2v) is 5.11. The third kappa shape index (κ3) is 3.06. The monoisotopic (exact) mass is 320 g/mol. The van der Waals surface area contributed by atoms with Crippen molar-refractivity contribution >= 4 is 33.2 Å². The molecule has 0 aliphatic carbocycles. The molecule has 0 unspecified atom stereocenters. The molecule has 0 saturated carbocycles. The van der Waals surface area contributed by atoms with Crippen LogP contribution >= 0.6 is 15.9 Å². The number of carbonyl (C=O) groups is 1. The van der Waals surface area contributed by atoms with Gasteiger partial charge in [0.25, 0.3) is 5.91 Å². The number of halogens is 1. The number of nitrogen functional groups attached to an aromatic ring is 1. The zero-order valence-electron chi connectivity index (χ0n) is 10.3. The van der Waals surface area contributed by atoms with Gasteiger partial charge in [0.2, 0.25) is 0 Å². The van der Waals surface area contributed by atoms with Crippen LogP contribution in [0.5, 0.6) is 5.75 Å². The first-order valence-electron chi connectivity index (χ1n) is 5.63. The molecule has 0 spiro atoms. The Labute approximate surface area is 119 Å². The second-order valence-electron chi connectivity index (χ2n) is 4.19. The Hall–Kier alpha value is -2.01. The van der Waals surface area contributed by atoms with Crippen LogP contribution in [0.25, 0.3) is 0 Å². The summed E-state index contributed by atoms with van der Waals surface area (Å²) in [6.45, 7) is 1.89. The minimum Gasteiger partial charge on any atom is -0.507 e. The lowest BCUT2D eigenvalue weighted by Gasteiger charge is -2.10. The van der Waals surface area contributed by atoms with E-state index in [-0.39, 0.29) is 17.2 Å². The van der Waals surface area contributed by atoms with Crippen molar-refractivity contribution in [2.24, 2.45) is 0 Å². The van der Waals surface area contributed by atoms with Crippen LogP contribution in [0.4, 0.5) is 11.4 Å². The molecule has 4 nitrogen and oxygen atoms in total. The predicted molar refractivity (Wildman–Crippen MR) is 79.4 cm³/mol. The van der Waals surface area contributed by atoms with Gasteiger partial charge in [-0.1, -0.05) is 15.9 Å². The lowest BCUT2D eigenvalue weighted by atomic mass is 10.1. The van der Waals surface area contributed by atoms with Gasteiger partial charge in [0.1, 0.15) is 5.75 Å². The summed E-state index contributed by atoms with van der Waals surface area (Å²) in [6, 6.07) is 9.95. The summed E-state index contributed by atoms with van der Waals surface area (Å²) < 4.78 is 0.943. The summed E-state index contributed by atoms with van der Waals surface area (Å²) in [5.74, 6) is -0.504. The van der Waals surface area contributed by atoms with E-state index in [1.807, 2.05) is 19.1 Å². The third-order valence-electron chi connectivity index (χ3n) is 2.70. The molecular formula is C14H13BrN2O2. The summed E-state index contributed by atoms with van der Waals surface area (Å²) in [6.07, 6.45) is 0. The van der Waals surface area contributed by atoms with E-state index in [9.17, 15) is 9.90 Å². The SMILES string of the molecule is Cc1cc(Br)ccc1NC(=O)c1ccc(N)cc1O. The molecule has 4 N–H and O–H groups in total. The Morgan fingerprint density at radius 2 is 2.00 bits per heavy atom. The van der Waals surface area contributed by atoms with Crippen molar-refractivity contribution in [1.29, 1.82) is 0 Å². The average Bonchev–Trinajstić information content (AvgIpc) is 2.32. The molecule has 0 aliphatic rings. The predicted octanol–water partition coefficient (Wildman–Crippen LogP) is 3.30. The highest BCUT2D eigenvalue weighted by atomic mass is 79.9. The first kappa shape index (κ1) is 13.4. The van der Waals surface area contributed by atoms with Crippen LogP contribution in [0.15, 0.2) is 40.9 Å². The molecule has 0 aromatic heterocycles. The molecular weight excluding hydrogens is 308 g/mol. The Bertz CT molecular complexity index is 641. The molecule has 19 heavy (non-hydrogen) atoms. The average molecular weight is 321 g/mol. The van der Waals surface area contributed by atoms with Crippen LogP contribution in [-0.4, -0.2) is 11.0 Å². The minimum absolute atomic E-state index is 0.132. The van der Waals surface area contributed by atoms with Gasteiger partial charge in [-0.05, 0) is 42.8 Å². The Balaban J connectivity index is 2.25. The van der Waals surface area contributed by atoms with Gasteiger partial charge in [-0.3, -0.25) is 4.79 Å². The van der Waals surface area contributed by atoms with Crippen molar-refractivity contribution in [2.75, 3.05) is 11.1 Å². The van der Waals surface area contributed by atoms with Crippen molar-refractivity contribution in [2.45, 2.75) is 6.92 Å². The highest BCUT2D eigenvalue weighted by molar-refractivity contribution is 9.10. The molecule has 2 aromatic rings. The smallest absolute Gasteiger partial charge is 0.259 e. The van der Waals surface area contributed by atoms with E-state index in [2.05, 4.69) is 21.2 Å². The van der Waals surface area contributed by atoms with Gasteiger partial charge in [0.05, 0.1) is 5.56 Å². The number of hydrogen-bond acceptors (Lipinski definition) is 3. The van der Waals surface area contributed by atoms with Crippen LogP contribution in [0, 0.1) is 6.92 Å². The summed E-state index contributed by atoms with van der Waals surface area (Å²) in [7, 11) is 0. The van der Waals surface area contributed by atoms with Crippen molar-refractivity contribution in [3.63, 3.8) is 0 Å². The van der Waals surface area contributed by atoms with E-state index >= 15 is 0 Å². The van der Waals surface area contributed by atoms with Gasteiger partial charge in [0.15, 0.2) is 0 Å². The van der Waals surface area contributed by atoms with Crippen molar-refractivity contribution < 1.29 is 9.90 Å². The van der Waals surface area contributed by atoms with E-state index in [1.165, 1.54) is 12.1 Å². The Morgan fingerprint density at radius 1 is 1.26 bits per heavy atom. The summed E-state index contributed by atoms with van der Waals surface area (Å²) in [5.41, 5.74) is 7.75. The lowest BCUT2D eigenvalue weighted by molar-refractivity contribution is 0.102. The van der Waals surface area contributed by atoms with Crippen LogP contribution in [0.1, 0.15) is 15.9 Å². The molecule has 1 amide bonds. The molecule has 0 saturated heterocycles. The van der Waals surface area contributed by atoms with Crippen molar-refractivity contribution in [3.05, 3.63) is 52.0 Å². The first-order valence-corrected chi connectivity index (χ1v) is 6.42. The number of aryl methyl sites for hydroxylation is 1. The van der Waals surface area contributed by atoms with Gasteiger partial charge in [-0.15, -0.1) is 0 Å². The number of benzene rings is 2. The number of phenolic OH excluding ortho intramolecular Hbond substituents is 1. The standard InChI is InChI=1S/C14H13BrN2O2/c1-8-6-9(15)2-5-12(8)17-14(19)11-4-3-10(16)7-13(11)18/h2-7,18H,16H2,1H3,(H,17,19). The molecule has 0 atom stereocenters. The zero-order chi connectivity index (χ0) is 14.0. The topological polar surface area (TPSA) is 75.4 Å². The molecule has 0 heterocycles. The van der Waals surface area contributed by atoms with Gasteiger partial charge in [-0.25, -0.2) is 0 Å². The van der Waals surface area contributed by atoms with E-state index in [0.29, 0.717) is 11.4 Å². The fourth-order valence-electron chi connectivity index (χ4n) is 1.70. The highest BCUT2D eigenvalue weighted by Gasteiger charge is 2.12. The molecule has 0 radical (unpaired) electrons. The van der Waals surface area contributed by atoms with E-state index in [4.69, 9.17) is 5.73 Å².